The van der Waals surface area contributed by atoms with E-state index >= 15 is 0 Å². The summed E-state index contributed by atoms with van der Waals surface area (Å²) in [5.74, 6) is 0.821. The molecule has 1 aromatic rings. The van der Waals surface area contributed by atoms with Gasteiger partial charge in [0.2, 0.25) is 0 Å². The van der Waals surface area contributed by atoms with Crippen LogP contribution in [0.15, 0.2) is 16.6 Å². The summed E-state index contributed by atoms with van der Waals surface area (Å²) in [6.45, 7) is 5.11. The molecule has 0 aromatic heterocycles. The van der Waals surface area contributed by atoms with Crippen molar-refractivity contribution in [3.8, 4) is 0 Å². The monoisotopic (exact) mass is 317 g/mol. The lowest BCUT2D eigenvalue weighted by Gasteiger charge is -2.34. The van der Waals surface area contributed by atoms with Crippen LogP contribution in [0.25, 0.3) is 0 Å². The van der Waals surface area contributed by atoms with Gasteiger partial charge in [0, 0.05) is 27.1 Å². The van der Waals surface area contributed by atoms with Crippen LogP contribution in [0, 0.1) is 5.82 Å². The maximum absolute atomic E-state index is 14.1. The molecule has 1 nitrogen and oxygen atoms in total. The van der Waals surface area contributed by atoms with Crippen LogP contribution in [-0.4, -0.2) is 11.8 Å². The largest absolute Gasteiger partial charge is 0.309 e. The molecular formula is C13H17BrFNS. The summed E-state index contributed by atoms with van der Waals surface area (Å²) < 4.78 is 15.1. The van der Waals surface area contributed by atoms with Gasteiger partial charge in [-0.1, -0.05) is 29.8 Å². The minimum absolute atomic E-state index is 0.0760. The first kappa shape index (κ1) is 13.4. The molecule has 1 aromatic carbocycles. The van der Waals surface area contributed by atoms with Gasteiger partial charge in [-0.2, -0.15) is 11.8 Å². The number of rotatable bonds is 3. The highest BCUT2D eigenvalue weighted by molar-refractivity contribution is 9.10. The molecule has 2 unspecified atom stereocenters. The van der Waals surface area contributed by atoms with E-state index in [2.05, 4.69) is 35.1 Å². The second-order valence-corrected chi connectivity index (χ2v) is 6.30. The van der Waals surface area contributed by atoms with Gasteiger partial charge < -0.3 is 5.32 Å². The molecule has 0 bridgehead atoms. The Hall–Kier alpha value is -0.0600. The third kappa shape index (κ3) is 2.54. The molecule has 0 spiro atoms. The molecule has 0 radical (unpaired) electrons. The molecule has 17 heavy (non-hydrogen) atoms. The first-order chi connectivity index (χ1) is 8.19. The van der Waals surface area contributed by atoms with Crippen LogP contribution >= 0.6 is 27.7 Å². The number of benzene rings is 1. The molecule has 4 heteroatoms. The number of hydrogen-bond acceptors (Lipinski definition) is 2. The van der Waals surface area contributed by atoms with E-state index in [1.807, 2.05) is 17.8 Å². The van der Waals surface area contributed by atoms with Crippen LogP contribution in [0.1, 0.15) is 37.4 Å². The van der Waals surface area contributed by atoms with Gasteiger partial charge in [0.05, 0.1) is 0 Å². The Bertz CT molecular complexity index is 411. The number of thioether (sulfide) groups is 1. The number of halogens is 2. The van der Waals surface area contributed by atoms with Crippen molar-refractivity contribution < 1.29 is 4.39 Å². The van der Waals surface area contributed by atoms with Gasteiger partial charge in [0.1, 0.15) is 5.82 Å². The SMILES string of the molecule is CCNC1c2c(F)ccc(Br)c2CSC1CC. The van der Waals surface area contributed by atoms with Crippen LogP contribution in [0.2, 0.25) is 0 Å². The Morgan fingerprint density at radius 3 is 2.88 bits per heavy atom. The fourth-order valence-electron chi connectivity index (χ4n) is 2.37. The smallest absolute Gasteiger partial charge is 0.128 e. The predicted octanol–water partition coefficient (Wildman–Crippen LogP) is 4.26. The highest BCUT2D eigenvalue weighted by Crippen LogP contribution is 2.42. The summed E-state index contributed by atoms with van der Waals surface area (Å²) in [6.07, 6.45) is 1.06. The quantitative estimate of drug-likeness (QED) is 0.893. The summed E-state index contributed by atoms with van der Waals surface area (Å²) in [6, 6.07) is 3.51. The zero-order valence-corrected chi connectivity index (χ0v) is 12.5. The Kier molecular flexibility index (Phi) is 4.50. The van der Waals surface area contributed by atoms with E-state index in [1.54, 1.807) is 6.07 Å². The van der Waals surface area contributed by atoms with Crippen molar-refractivity contribution in [1.29, 1.82) is 0 Å². The van der Waals surface area contributed by atoms with E-state index in [9.17, 15) is 4.39 Å². The summed E-state index contributed by atoms with van der Waals surface area (Å²) >= 11 is 5.45. The summed E-state index contributed by atoms with van der Waals surface area (Å²) in [7, 11) is 0. The molecule has 1 aliphatic rings. The van der Waals surface area contributed by atoms with E-state index in [0.717, 1.165) is 34.3 Å². The molecule has 0 fully saturated rings. The van der Waals surface area contributed by atoms with Gasteiger partial charge >= 0.3 is 0 Å². The Morgan fingerprint density at radius 2 is 2.24 bits per heavy atom. The first-order valence-electron chi connectivity index (χ1n) is 6.00. The number of hydrogen-bond donors (Lipinski definition) is 1. The average Bonchev–Trinajstić information content (AvgIpc) is 2.34. The molecule has 1 aliphatic heterocycles. The lowest BCUT2D eigenvalue weighted by Crippen LogP contribution is -2.34. The van der Waals surface area contributed by atoms with Crippen molar-refractivity contribution in [2.24, 2.45) is 0 Å². The lowest BCUT2D eigenvalue weighted by atomic mass is 9.96. The highest BCUT2D eigenvalue weighted by Gasteiger charge is 2.31. The third-order valence-electron chi connectivity index (χ3n) is 3.20. The van der Waals surface area contributed by atoms with Crippen LogP contribution in [0.5, 0.6) is 0 Å². The standard InChI is InChI=1S/C13H17BrFNS/c1-3-11-13(16-4-2)12-8(7-17-11)9(14)5-6-10(12)15/h5-6,11,13,16H,3-4,7H2,1-2H3. The maximum Gasteiger partial charge on any atom is 0.128 e. The van der Waals surface area contributed by atoms with Crippen LogP contribution in [0.3, 0.4) is 0 Å². The van der Waals surface area contributed by atoms with E-state index in [4.69, 9.17) is 0 Å². The molecule has 2 atom stereocenters. The number of nitrogens with one attached hydrogen (secondary N) is 1. The van der Waals surface area contributed by atoms with Crippen LogP contribution < -0.4 is 5.32 Å². The lowest BCUT2D eigenvalue weighted by molar-refractivity contribution is 0.482. The second kappa shape index (κ2) is 5.72. The summed E-state index contributed by atoms with van der Waals surface area (Å²) in [5, 5.41) is 3.89. The van der Waals surface area contributed by atoms with Crippen molar-refractivity contribution in [2.45, 2.75) is 37.3 Å². The Balaban J connectivity index is 2.47. The molecule has 94 valence electrons. The fraction of sp³-hybridized carbons (Fsp3) is 0.538. The molecule has 1 heterocycles. The first-order valence-corrected chi connectivity index (χ1v) is 7.85. The van der Waals surface area contributed by atoms with Crippen LogP contribution in [0.4, 0.5) is 4.39 Å². The van der Waals surface area contributed by atoms with Gasteiger partial charge in [0.15, 0.2) is 0 Å². The van der Waals surface area contributed by atoms with Gasteiger partial charge in [-0.05, 0) is 30.7 Å². The van der Waals surface area contributed by atoms with Gasteiger partial charge in [-0.3, -0.25) is 0 Å². The molecule has 0 amide bonds. The molecule has 0 aliphatic carbocycles. The predicted molar refractivity (Wildman–Crippen MR) is 75.9 cm³/mol. The van der Waals surface area contributed by atoms with E-state index in [0.29, 0.717) is 5.25 Å². The van der Waals surface area contributed by atoms with Crippen molar-refractivity contribution >= 4 is 27.7 Å². The van der Waals surface area contributed by atoms with Crippen molar-refractivity contribution in [3.05, 3.63) is 33.5 Å². The normalized spacial score (nSPS) is 23.5. The summed E-state index contributed by atoms with van der Waals surface area (Å²) in [5.41, 5.74) is 1.98. The molecule has 0 saturated heterocycles. The zero-order valence-electron chi connectivity index (χ0n) is 10.1. The Morgan fingerprint density at radius 1 is 1.47 bits per heavy atom. The van der Waals surface area contributed by atoms with Gasteiger partial charge in [0.25, 0.3) is 0 Å². The molecule has 0 saturated carbocycles. The topological polar surface area (TPSA) is 12.0 Å². The average molecular weight is 318 g/mol. The molecule has 1 N–H and O–H groups in total. The van der Waals surface area contributed by atoms with E-state index in [-0.39, 0.29) is 11.9 Å². The molecular weight excluding hydrogens is 301 g/mol. The van der Waals surface area contributed by atoms with Gasteiger partial charge in [-0.25, -0.2) is 4.39 Å². The van der Waals surface area contributed by atoms with Crippen molar-refractivity contribution in [2.75, 3.05) is 6.54 Å². The van der Waals surface area contributed by atoms with Crippen LogP contribution in [-0.2, 0) is 5.75 Å². The Labute approximate surface area is 115 Å². The second-order valence-electron chi connectivity index (χ2n) is 4.21. The minimum Gasteiger partial charge on any atom is -0.309 e. The van der Waals surface area contributed by atoms with Crippen molar-refractivity contribution in [1.82, 2.24) is 5.32 Å². The third-order valence-corrected chi connectivity index (χ3v) is 5.43. The fourth-order valence-corrected chi connectivity index (χ4v) is 4.40. The zero-order chi connectivity index (χ0) is 12.4. The molecule has 2 rings (SSSR count). The highest BCUT2D eigenvalue weighted by atomic mass is 79.9. The summed E-state index contributed by atoms with van der Waals surface area (Å²) in [4.78, 5) is 0. The maximum atomic E-state index is 14.1. The minimum atomic E-state index is -0.0760. The van der Waals surface area contributed by atoms with Crippen molar-refractivity contribution in [3.63, 3.8) is 0 Å². The van der Waals surface area contributed by atoms with Gasteiger partial charge in [-0.15, -0.1) is 0 Å². The number of fused-ring (bicyclic) bond motifs is 1. The van der Waals surface area contributed by atoms with E-state index in [1.165, 1.54) is 0 Å². The van der Waals surface area contributed by atoms with E-state index < -0.39 is 0 Å².